The summed E-state index contributed by atoms with van der Waals surface area (Å²) in [5.74, 6) is 1.19. The maximum Gasteiger partial charge on any atom is 0.341 e. The molecule has 0 spiro atoms. The molecule has 1 aromatic rings. The quantitative estimate of drug-likeness (QED) is 0.782. The van der Waals surface area contributed by atoms with Crippen molar-refractivity contribution in [3.8, 4) is 0 Å². The molecule has 4 nitrogen and oxygen atoms in total. The van der Waals surface area contributed by atoms with Crippen LogP contribution in [0.4, 0.5) is 0 Å². The number of hydrogen-bond acceptors (Lipinski definition) is 4. The SMILES string of the molecule is CC.CC(C)C1CCC(C)C(OC(=O)c2ccc(=O)oc2)C1. The highest BCUT2D eigenvalue weighted by atomic mass is 16.5. The Morgan fingerprint density at radius 1 is 1.27 bits per heavy atom. The molecular formula is C18H28O4. The predicted molar refractivity (Wildman–Crippen MR) is 86.9 cm³/mol. The number of esters is 1. The summed E-state index contributed by atoms with van der Waals surface area (Å²) in [5.41, 5.74) is -0.170. The Balaban J connectivity index is 0.00000116. The lowest BCUT2D eigenvalue weighted by atomic mass is 9.76. The van der Waals surface area contributed by atoms with E-state index < -0.39 is 11.6 Å². The van der Waals surface area contributed by atoms with Crippen molar-refractivity contribution in [2.45, 2.75) is 60.0 Å². The molecule has 4 heteroatoms. The summed E-state index contributed by atoms with van der Waals surface area (Å²) in [7, 11) is 0. The Labute approximate surface area is 132 Å². The molecule has 0 amide bonds. The third kappa shape index (κ3) is 5.00. The van der Waals surface area contributed by atoms with Gasteiger partial charge in [-0.05, 0) is 43.1 Å². The Hall–Kier alpha value is -1.58. The van der Waals surface area contributed by atoms with E-state index in [1.54, 1.807) is 0 Å². The average Bonchev–Trinajstić information content (AvgIpc) is 2.51. The van der Waals surface area contributed by atoms with Crippen molar-refractivity contribution >= 4 is 5.97 Å². The van der Waals surface area contributed by atoms with E-state index in [2.05, 4.69) is 20.8 Å². The van der Waals surface area contributed by atoms with Gasteiger partial charge in [-0.2, -0.15) is 0 Å². The first-order valence-electron chi connectivity index (χ1n) is 8.27. The minimum Gasteiger partial charge on any atom is -0.458 e. The van der Waals surface area contributed by atoms with Gasteiger partial charge in [-0.1, -0.05) is 34.6 Å². The minimum atomic E-state index is -0.465. The van der Waals surface area contributed by atoms with Crippen LogP contribution in [0, 0.1) is 17.8 Å². The molecule has 124 valence electrons. The van der Waals surface area contributed by atoms with E-state index in [1.165, 1.54) is 18.6 Å². The average molecular weight is 308 g/mol. The van der Waals surface area contributed by atoms with Crippen LogP contribution in [0.25, 0.3) is 0 Å². The van der Waals surface area contributed by atoms with Crippen LogP contribution in [0.5, 0.6) is 0 Å². The van der Waals surface area contributed by atoms with E-state index >= 15 is 0 Å². The van der Waals surface area contributed by atoms with Crippen LogP contribution in [-0.2, 0) is 4.74 Å². The number of ether oxygens (including phenoxy) is 1. The van der Waals surface area contributed by atoms with E-state index in [4.69, 9.17) is 9.15 Å². The first-order chi connectivity index (χ1) is 10.5. The van der Waals surface area contributed by atoms with Gasteiger partial charge in [0.05, 0.1) is 5.56 Å². The molecule has 0 saturated heterocycles. The molecule has 2 rings (SSSR count). The van der Waals surface area contributed by atoms with Crippen molar-refractivity contribution in [3.05, 3.63) is 34.4 Å². The number of hydrogen-bond donors (Lipinski definition) is 0. The minimum absolute atomic E-state index is 0.0458. The zero-order chi connectivity index (χ0) is 16.7. The molecule has 0 aromatic carbocycles. The standard InChI is InChI=1S/C16H22O4.C2H6/c1-10(2)12-5-4-11(3)14(8-12)20-16(18)13-6-7-15(17)19-9-13;1-2/h6-7,9-12,14H,4-5,8H2,1-3H3;1-2H3. The highest BCUT2D eigenvalue weighted by molar-refractivity contribution is 5.88. The smallest absolute Gasteiger partial charge is 0.341 e. The molecule has 0 N–H and O–H groups in total. The molecule has 3 atom stereocenters. The molecule has 1 aromatic heterocycles. The van der Waals surface area contributed by atoms with E-state index in [0.717, 1.165) is 19.1 Å². The van der Waals surface area contributed by atoms with Crippen LogP contribution in [-0.4, -0.2) is 12.1 Å². The van der Waals surface area contributed by atoms with Crippen molar-refractivity contribution in [1.29, 1.82) is 0 Å². The molecule has 0 aliphatic heterocycles. The molecule has 3 unspecified atom stereocenters. The Bertz CT molecular complexity index is 498. The molecule has 1 saturated carbocycles. The fourth-order valence-electron chi connectivity index (χ4n) is 2.76. The van der Waals surface area contributed by atoms with Gasteiger partial charge in [0.1, 0.15) is 12.4 Å². The summed E-state index contributed by atoms with van der Waals surface area (Å²) < 4.78 is 10.3. The Kier molecular flexibility index (Phi) is 7.36. The molecule has 0 bridgehead atoms. The van der Waals surface area contributed by atoms with Crippen molar-refractivity contribution in [2.24, 2.45) is 17.8 Å². The molecule has 1 fully saturated rings. The lowest BCUT2D eigenvalue weighted by Gasteiger charge is -2.35. The van der Waals surface area contributed by atoms with Crippen molar-refractivity contribution in [2.75, 3.05) is 0 Å². The third-order valence-electron chi connectivity index (χ3n) is 4.30. The second-order valence-corrected chi connectivity index (χ2v) is 6.08. The van der Waals surface area contributed by atoms with Crippen LogP contribution >= 0.6 is 0 Å². The fourth-order valence-corrected chi connectivity index (χ4v) is 2.76. The van der Waals surface area contributed by atoms with Gasteiger partial charge < -0.3 is 9.15 Å². The summed E-state index contributed by atoms with van der Waals surface area (Å²) in [6, 6.07) is 2.68. The summed E-state index contributed by atoms with van der Waals surface area (Å²) in [6.45, 7) is 10.6. The van der Waals surface area contributed by atoms with Gasteiger partial charge in [0.15, 0.2) is 0 Å². The van der Waals surface area contributed by atoms with Crippen LogP contribution in [0.1, 0.15) is 64.2 Å². The topological polar surface area (TPSA) is 56.5 Å². The molecular weight excluding hydrogens is 280 g/mol. The maximum absolute atomic E-state index is 12.1. The lowest BCUT2D eigenvalue weighted by molar-refractivity contribution is -0.00971. The molecule has 22 heavy (non-hydrogen) atoms. The summed E-state index contributed by atoms with van der Waals surface area (Å²) in [5, 5.41) is 0. The number of rotatable bonds is 3. The van der Waals surface area contributed by atoms with E-state index in [9.17, 15) is 9.59 Å². The van der Waals surface area contributed by atoms with E-state index in [0.29, 0.717) is 23.3 Å². The number of carbonyl (C=O) groups excluding carboxylic acids is 1. The monoisotopic (exact) mass is 308 g/mol. The summed E-state index contributed by atoms with van der Waals surface area (Å²) >= 11 is 0. The van der Waals surface area contributed by atoms with Crippen LogP contribution in [0.2, 0.25) is 0 Å². The molecule has 0 radical (unpaired) electrons. The van der Waals surface area contributed by atoms with E-state index in [1.807, 2.05) is 13.8 Å². The summed E-state index contributed by atoms with van der Waals surface area (Å²) in [4.78, 5) is 22.9. The number of carbonyl (C=O) groups is 1. The Morgan fingerprint density at radius 2 is 1.95 bits per heavy atom. The van der Waals surface area contributed by atoms with Gasteiger partial charge in [-0.25, -0.2) is 9.59 Å². The highest BCUT2D eigenvalue weighted by Gasteiger charge is 2.32. The van der Waals surface area contributed by atoms with E-state index in [-0.39, 0.29) is 6.10 Å². The highest BCUT2D eigenvalue weighted by Crippen LogP contribution is 2.35. The normalized spacial score (nSPS) is 24.4. The van der Waals surface area contributed by atoms with Gasteiger partial charge in [-0.15, -0.1) is 0 Å². The van der Waals surface area contributed by atoms with Crippen LogP contribution in [0.3, 0.4) is 0 Å². The van der Waals surface area contributed by atoms with Gasteiger partial charge in [-0.3, -0.25) is 0 Å². The van der Waals surface area contributed by atoms with Crippen LogP contribution < -0.4 is 5.63 Å². The molecule has 1 aliphatic rings. The predicted octanol–water partition coefficient (Wildman–Crippen LogP) is 4.28. The van der Waals surface area contributed by atoms with Crippen LogP contribution in [0.15, 0.2) is 27.6 Å². The first kappa shape index (κ1) is 18.5. The van der Waals surface area contributed by atoms with Gasteiger partial charge in [0.25, 0.3) is 0 Å². The zero-order valence-corrected chi connectivity index (χ0v) is 14.3. The fraction of sp³-hybridized carbons (Fsp3) is 0.667. The largest absolute Gasteiger partial charge is 0.458 e. The maximum atomic E-state index is 12.1. The summed E-state index contributed by atoms with van der Waals surface area (Å²) in [6.07, 6.45) is 4.33. The van der Waals surface area contributed by atoms with Gasteiger partial charge in [0.2, 0.25) is 0 Å². The van der Waals surface area contributed by atoms with Crippen molar-refractivity contribution in [1.82, 2.24) is 0 Å². The first-order valence-corrected chi connectivity index (χ1v) is 8.27. The van der Waals surface area contributed by atoms with Gasteiger partial charge in [0, 0.05) is 6.07 Å². The third-order valence-corrected chi connectivity index (χ3v) is 4.30. The van der Waals surface area contributed by atoms with Crippen molar-refractivity contribution in [3.63, 3.8) is 0 Å². The molecule has 1 aliphatic carbocycles. The Morgan fingerprint density at radius 3 is 2.50 bits per heavy atom. The molecule has 1 heterocycles. The second-order valence-electron chi connectivity index (χ2n) is 6.08. The lowest BCUT2D eigenvalue weighted by Crippen LogP contribution is -2.34. The second kappa shape index (κ2) is 8.76. The van der Waals surface area contributed by atoms with Gasteiger partial charge >= 0.3 is 11.6 Å². The zero-order valence-electron chi connectivity index (χ0n) is 14.3. The van der Waals surface area contributed by atoms with Crippen molar-refractivity contribution < 1.29 is 13.9 Å².